The Labute approximate surface area is 178 Å². The maximum atomic E-state index is 13.0. The summed E-state index contributed by atoms with van der Waals surface area (Å²) in [6.07, 6.45) is 4.25. The number of ketones is 1. The number of rotatable bonds is 10. The lowest BCUT2D eigenvalue weighted by molar-refractivity contribution is -0.155. The number of carbonyl (C=O) groups is 5. The molecule has 0 spiro atoms. The Hall–Kier alpha value is -2.29. The zero-order chi connectivity index (χ0) is 22.7. The average molecular weight is 426 g/mol. The molecule has 4 amide bonds. The van der Waals surface area contributed by atoms with E-state index in [0.29, 0.717) is 43.9 Å². The molecule has 30 heavy (non-hydrogen) atoms. The lowest BCUT2D eigenvalue weighted by Gasteiger charge is -2.31. The first-order valence-electron chi connectivity index (χ1n) is 10.8. The van der Waals surface area contributed by atoms with Crippen molar-refractivity contribution in [3.63, 3.8) is 0 Å². The molecule has 1 aliphatic heterocycles. The lowest BCUT2D eigenvalue weighted by atomic mass is 9.87. The predicted octanol–water partition coefficient (Wildman–Crippen LogP) is 1.50. The highest BCUT2D eigenvalue weighted by molar-refractivity contribution is 6.38. The summed E-state index contributed by atoms with van der Waals surface area (Å²) in [4.78, 5) is 61.9. The molecule has 0 aromatic heterocycles. The Balaban J connectivity index is 2.99. The highest BCUT2D eigenvalue weighted by Gasteiger charge is 2.37. The molecule has 0 aliphatic carbocycles. The van der Waals surface area contributed by atoms with Crippen LogP contribution in [-0.2, 0) is 28.7 Å². The largest absolute Gasteiger partial charge is 0.381 e. The summed E-state index contributed by atoms with van der Waals surface area (Å²) in [7, 11) is 0. The van der Waals surface area contributed by atoms with Crippen LogP contribution in [0.1, 0.15) is 72.6 Å². The third-order valence-corrected chi connectivity index (χ3v) is 5.39. The first-order valence-corrected chi connectivity index (χ1v) is 10.8. The number of hydrazine groups is 1. The molecule has 0 bridgehead atoms. The second-order valence-corrected chi connectivity index (χ2v) is 7.59. The minimum atomic E-state index is -1.09. The van der Waals surface area contributed by atoms with Crippen LogP contribution in [0.4, 0.5) is 0 Å². The summed E-state index contributed by atoms with van der Waals surface area (Å²) >= 11 is 0. The highest BCUT2D eigenvalue weighted by Crippen LogP contribution is 2.21. The van der Waals surface area contributed by atoms with Crippen LogP contribution in [0.25, 0.3) is 0 Å². The molecule has 0 aromatic rings. The fourth-order valence-electron chi connectivity index (χ4n) is 3.46. The van der Waals surface area contributed by atoms with Gasteiger partial charge in [-0.15, -0.1) is 0 Å². The number of Topliss-reactive ketones (excluding diaryl/α,β-unsaturated/α-hetero) is 1. The van der Waals surface area contributed by atoms with Crippen molar-refractivity contribution < 1.29 is 28.7 Å². The predicted molar refractivity (Wildman–Crippen MR) is 110 cm³/mol. The molecule has 0 radical (unpaired) electrons. The Morgan fingerprint density at radius 2 is 1.70 bits per heavy atom. The zero-order valence-electron chi connectivity index (χ0n) is 18.5. The molecule has 2 N–H and O–H groups in total. The third kappa shape index (κ3) is 7.51. The number of imide groups is 1. The van der Waals surface area contributed by atoms with E-state index in [2.05, 4.69) is 10.7 Å². The number of hydrogen-bond acceptors (Lipinski definition) is 6. The minimum absolute atomic E-state index is 0.0101. The minimum Gasteiger partial charge on any atom is -0.381 e. The Kier molecular flexibility index (Phi) is 11.2. The fraction of sp³-hybridized carbons (Fsp3) is 0.762. The van der Waals surface area contributed by atoms with Crippen LogP contribution in [0.3, 0.4) is 0 Å². The van der Waals surface area contributed by atoms with Crippen LogP contribution in [0.15, 0.2) is 0 Å². The van der Waals surface area contributed by atoms with E-state index in [1.165, 1.54) is 0 Å². The monoisotopic (exact) mass is 425 g/mol. The van der Waals surface area contributed by atoms with Crippen molar-refractivity contribution in [2.24, 2.45) is 11.8 Å². The van der Waals surface area contributed by atoms with Crippen molar-refractivity contribution in [2.75, 3.05) is 13.2 Å². The van der Waals surface area contributed by atoms with E-state index in [4.69, 9.17) is 4.74 Å². The number of amides is 4. The van der Waals surface area contributed by atoms with Crippen LogP contribution in [-0.4, -0.2) is 53.7 Å². The Morgan fingerprint density at radius 3 is 2.20 bits per heavy atom. The normalized spacial score (nSPS) is 16.3. The van der Waals surface area contributed by atoms with Crippen LogP contribution >= 0.6 is 0 Å². The molecule has 1 rings (SSSR count). The number of nitrogens with zero attached hydrogens (tertiary/aromatic N) is 1. The van der Waals surface area contributed by atoms with Gasteiger partial charge in [-0.1, -0.05) is 33.6 Å². The van der Waals surface area contributed by atoms with E-state index >= 15 is 0 Å². The number of unbranched alkanes of at least 4 members (excludes halogenated alkanes) is 1. The smallest absolute Gasteiger partial charge is 0.308 e. The van der Waals surface area contributed by atoms with Crippen molar-refractivity contribution in [3.05, 3.63) is 0 Å². The molecule has 0 saturated carbocycles. The molecule has 9 heteroatoms. The molecule has 1 fully saturated rings. The maximum absolute atomic E-state index is 13.0. The summed E-state index contributed by atoms with van der Waals surface area (Å²) in [5.41, 5.74) is 2.10. The van der Waals surface area contributed by atoms with Crippen molar-refractivity contribution >= 4 is 29.4 Å². The topological polar surface area (TPSA) is 122 Å². The van der Waals surface area contributed by atoms with Crippen molar-refractivity contribution in [1.29, 1.82) is 0 Å². The average Bonchev–Trinajstić information content (AvgIpc) is 2.75. The molecule has 2 atom stereocenters. The van der Waals surface area contributed by atoms with Gasteiger partial charge < -0.3 is 10.1 Å². The van der Waals surface area contributed by atoms with Gasteiger partial charge in [-0.3, -0.25) is 29.4 Å². The van der Waals surface area contributed by atoms with Gasteiger partial charge in [-0.2, -0.15) is 5.01 Å². The standard InChI is InChI=1S/C21H35N3O6/c1-5-8-9-15(6-2)20(28)22-18(16-10-12-30-13-11-16)19(27)21(29)23-24(14(4)25)17(26)7-3/h15-16,18H,5-13H2,1-4H3,(H,22,28)(H,23,29). The maximum Gasteiger partial charge on any atom is 0.308 e. The van der Waals surface area contributed by atoms with E-state index in [1.807, 2.05) is 13.8 Å². The van der Waals surface area contributed by atoms with E-state index in [0.717, 1.165) is 19.8 Å². The Morgan fingerprint density at radius 1 is 1.07 bits per heavy atom. The van der Waals surface area contributed by atoms with Crippen LogP contribution in [0.5, 0.6) is 0 Å². The Bertz CT molecular complexity index is 630. The SMILES string of the molecule is CCCCC(CC)C(=O)NC(C(=O)C(=O)NN(C(C)=O)C(=O)CC)C1CCOCC1. The van der Waals surface area contributed by atoms with E-state index in [-0.39, 0.29) is 24.2 Å². The van der Waals surface area contributed by atoms with Gasteiger partial charge in [-0.05, 0) is 31.6 Å². The third-order valence-electron chi connectivity index (χ3n) is 5.39. The number of hydrogen-bond donors (Lipinski definition) is 2. The fourth-order valence-corrected chi connectivity index (χ4v) is 3.46. The van der Waals surface area contributed by atoms with Gasteiger partial charge in [0.2, 0.25) is 23.5 Å². The first-order chi connectivity index (χ1) is 14.3. The quantitative estimate of drug-likeness (QED) is 0.404. The molecule has 1 heterocycles. The van der Waals surface area contributed by atoms with Crippen LogP contribution in [0.2, 0.25) is 0 Å². The molecule has 1 aliphatic rings. The van der Waals surface area contributed by atoms with E-state index < -0.39 is 29.5 Å². The lowest BCUT2D eigenvalue weighted by Crippen LogP contribution is -2.57. The molecular weight excluding hydrogens is 390 g/mol. The second-order valence-electron chi connectivity index (χ2n) is 7.59. The van der Waals surface area contributed by atoms with Gasteiger partial charge in [-0.25, -0.2) is 0 Å². The summed E-state index contributed by atoms with van der Waals surface area (Å²) in [5, 5.41) is 3.32. The van der Waals surface area contributed by atoms with Crippen LogP contribution < -0.4 is 10.7 Å². The first kappa shape index (κ1) is 25.7. The molecule has 170 valence electrons. The molecular formula is C21H35N3O6. The molecule has 2 unspecified atom stereocenters. The number of nitrogens with one attached hydrogen (secondary N) is 2. The van der Waals surface area contributed by atoms with Gasteiger partial charge in [0.1, 0.15) is 6.04 Å². The van der Waals surface area contributed by atoms with Crippen molar-refractivity contribution in [2.45, 2.75) is 78.7 Å². The molecule has 0 aromatic carbocycles. The van der Waals surface area contributed by atoms with E-state index in [1.54, 1.807) is 6.92 Å². The van der Waals surface area contributed by atoms with Gasteiger partial charge in [0, 0.05) is 32.5 Å². The van der Waals surface area contributed by atoms with Gasteiger partial charge in [0.05, 0.1) is 0 Å². The van der Waals surface area contributed by atoms with Crippen molar-refractivity contribution in [3.8, 4) is 0 Å². The number of carbonyl (C=O) groups excluding carboxylic acids is 5. The summed E-state index contributed by atoms with van der Waals surface area (Å²) < 4.78 is 5.34. The molecule has 1 saturated heterocycles. The van der Waals surface area contributed by atoms with Crippen molar-refractivity contribution in [1.82, 2.24) is 15.8 Å². The van der Waals surface area contributed by atoms with E-state index in [9.17, 15) is 24.0 Å². The van der Waals surface area contributed by atoms with Crippen LogP contribution in [0, 0.1) is 11.8 Å². The van der Waals surface area contributed by atoms with Gasteiger partial charge >= 0.3 is 5.91 Å². The van der Waals surface area contributed by atoms with Gasteiger partial charge in [0.15, 0.2) is 0 Å². The molecule has 9 nitrogen and oxygen atoms in total. The second kappa shape index (κ2) is 13.1. The summed E-state index contributed by atoms with van der Waals surface area (Å²) in [5.74, 6) is -4.02. The highest BCUT2D eigenvalue weighted by atomic mass is 16.5. The van der Waals surface area contributed by atoms with Gasteiger partial charge in [0.25, 0.3) is 0 Å². The number of ether oxygens (including phenoxy) is 1. The summed E-state index contributed by atoms with van der Waals surface area (Å²) in [6.45, 7) is 7.49. The summed E-state index contributed by atoms with van der Waals surface area (Å²) in [6, 6.07) is -1.03. The zero-order valence-corrected chi connectivity index (χ0v) is 18.5.